The number of aromatic amines is 1. The highest BCUT2D eigenvalue weighted by Crippen LogP contribution is 2.14. The van der Waals surface area contributed by atoms with Crippen LogP contribution in [-0.2, 0) is 19.6 Å². The first-order chi connectivity index (χ1) is 9.19. The van der Waals surface area contributed by atoms with Crippen LogP contribution in [0.2, 0.25) is 0 Å². The van der Waals surface area contributed by atoms with Gasteiger partial charge in [0.2, 0.25) is 10.0 Å². The molecule has 3 N–H and O–H groups in total. The molecule has 0 bridgehead atoms. The maximum absolute atomic E-state index is 12.1. The molecule has 0 aliphatic carbocycles. The van der Waals surface area contributed by atoms with Crippen molar-refractivity contribution >= 4 is 22.0 Å². The molecule has 0 saturated carbocycles. The van der Waals surface area contributed by atoms with Gasteiger partial charge in [0.25, 0.3) is 0 Å². The second kappa shape index (κ2) is 6.06. The van der Waals surface area contributed by atoms with Gasteiger partial charge in [-0.25, -0.2) is 13.2 Å². The van der Waals surface area contributed by atoms with Crippen LogP contribution in [-0.4, -0.2) is 43.6 Å². The lowest BCUT2D eigenvalue weighted by Crippen LogP contribution is -2.44. The predicted octanol–water partition coefficient (Wildman–Crippen LogP) is 0.189. The van der Waals surface area contributed by atoms with Crippen molar-refractivity contribution in [2.75, 3.05) is 7.11 Å². The zero-order valence-corrected chi connectivity index (χ0v) is 12.0. The molecule has 8 nitrogen and oxygen atoms in total. The number of hydrogen-bond donors (Lipinski definition) is 3. The van der Waals surface area contributed by atoms with Crippen molar-refractivity contribution in [1.29, 1.82) is 0 Å². The van der Waals surface area contributed by atoms with E-state index in [1.54, 1.807) is 13.8 Å². The number of hydrogen-bond acceptors (Lipinski definition) is 5. The monoisotopic (exact) mass is 304 g/mol. The van der Waals surface area contributed by atoms with Crippen LogP contribution in [0.25, 0.3) is 0 Å². The molecule has 0 radical (unpaired) electrons. The molecule has 1 rings (SSSR count). The zero-order chi connectivity index (χ0) is 15.5. The first-order valence-corrected chi connectivity index (χ1v) is 7.19. The Balaban J connectivity index is 3.03. The molecule has 1 aromatic rings. The van der Waals surface area contributed by atoms with Crippen LogP contribution in [0.4, 0.5) is 0 Å². The Labute approximate surface area is 116 Å². The first kappa shape index (κ1) is 16.2. The van der Waals surface area contributed by atoms with Crippen LogP contribution in [0.5, 0.6) is 0 Å². The van der Waals surface area contributed by atoms with Crippen molar-refractivity contribution in [3.8, 4) is 0 Å². The van der Waals surface area contributed by atoms with E-state index in [1.807, 2.05) is 0 Å². The third-order valence-electron chi connectivity index (χ3n) is 2.60. The number of nitrogens with one attached hydrogen (secondary N) is 2. The molecule has 0 fully saturated rings. The standard InChI is InChI=1S/C11H16N2O6S/c1-6(2)9(11(16)19-3)13-20(17,18)7-4-8(10(14)15)12-5-7/h4-6,9,12-13H,1-3H3,(H,14,15)/t9-/m0/s1. The summed E-state index contributed by atoms with van der Waals surface area (Å²) >= 11 is 0. The molecule has 0 amide bonds. The van der Waals surface area contributed by atoms with Crippen LogP contribution in [0.1, 0.15) is 24.3 Å². The Morgan fingerprint density at radius 1 is 1.40 bits per heavy atom. The van der Waals surface area contributed by atoms with E-state index in [0.29, 0.717) is 0 Å². The summed E-state index contributed by atoms with van der Waals surface area (Å²) < 4.78 is 30.9. The average Bonchev–Trinajstić information content (AvgIpc) is 2.85. The second-order valence-corrected chi connectivity index (χ2v) is 6.13. The van der Waals surface area contributed by atoms with Crippen LogP contribution in [0, 0.1) is 5.92 Å². The smallest absolute Gasteiger partial charge is 0.352 e. The van der Waals surface area contributed by atoms with Gasteiger partial charge in [-0.1, -0.05) is 13.8 Å². The fourth-order valence-corrected chi connectivity index (χ4v) is 2.80. The molecule has 1 atom stereocenters. The number of carbonyl (C=O) groups is 2. The lowest BCUT2D eigenvalue weighted by atomic mass is 10.1. The van der Waals surface area contributed by atoms with Crippen molar-refractivity contribution in [3.63, 3.8) is 0 Å². The molecule has 0 spiro atoms. The number of carboxylic acids is 1. The first-order valence-electron chi connectivity index (χ1n) is 5.71. The summed E-state index contributed by atoms with van der Waals surface area (Å²) in [6, 6.07) is -0.0764. The van der Waals surface area contributed by atoms with E-state index in [4.69, 9.17) is 5.11 Å². The Bertz CT molecular complexity index is 604. The second-order valence-electron chi connectivity index (χ2n) is 4.42. The summed E-state index contributed by atoms with van der Waals surface area (Å²) in [4.78, 5) is 24.3. The van der Waals surface area contributed by atoms with Gasteiger partial charge < -0.3 is 14.8 Å². The molecular weight excluding hydrogens is 288 g/mol. The molecule has 0 saturated heterocycles. The summed E-state index contributed by atoms with van der Waals surface area (Å²) in [6.07, 6.45) is 1.04. The number of carboxylic acid groups (broad SMARTS) is 1. The zero-order valence-electron chi connectivity index (χ0n) is 11.2. The summed E-state index contributed by atoms with van der Waals surface area (Å²) in [7, 11) is -2.86. The van der Waals surface area contributed by atoms with Gasteiger partial charge in [-0.05, 0) is 12.0 Å². The molecule has 9 heteroatoms. The summed E-state index contributed by atoms with van der Waals surface area (Å²) in [5, 5.41) is 8.74. The van der Waals surface area contributed by atoms with Crippen molar-refractivity contribution in [3.05, 3.63) is 18.0 Å². The fourth-order valence-electron chi connectivity index (χ4n) is 1.47. The highest BCUT2D eigenvalue weighted by Gasteiger charge is 2.29. The third-order valence-corrected chi connectivity index (χ3v) is 4.02. The Kier molecular flexibility index (Phi) is 4.90. The van der Waals surface area contributed by atoms with Crippen LogP contribution >= 0.6 is 0 Å². The van der Waals surface area contributed by atoms with Gasteiger partial charge in [-0.2, -0.15) is 4.72 Å². The summed E-state index contributed by atoms with van der Waals surface area (Å²) in [6.45, 7) is 3.31. The summed E-state index contributed by atoms with van der Waals surface area (Å²) in [5.41, 5.74) is -0.260. The van der Waals surface area contributed by atoms with E-state index in [2.05, 4.69) is 14.4 Å². The lowest BCUT2D eigenvalue weighted by molar-refractivity contribution is -0.143. The van der Waals surface area contributed by atoms with E-state index < -0.39 is 28.0 Å². The molecule has 112 valence electrons. The number of aromatic carboxylic acids is 1. The van der Waals surface area contributed by atoms with Crippen LogP contribution in [0.3, 0.4) is 0 Å². The number of ether oxygens (including phenoxy) is 1. The van der Waals surface area contributed by atoms with Crippen molar-refractivity contribution in [2.45, 2.75) is 24.8 Å². The third kappa shape index (κ3) is 3.58. The summed E-state index contributed by atoms with van der Waals surface area (Å²) in [5.74, 6) is -2.31. The van der Waals surface area contributed by atoms with E-state index in [9.17, 15) is 18.0 Å². The average molecular weight is 304 g/mol. The van der Waals surface area contributed by atoms with Crippen LogP contribution < -0.4 is 4.72 Å². The minimum atomic E-state index is -4.02. The van der Waals surface area contributed by atoms with Crippen LogP contribution in [0.15, 0.2) is 17.2 Å². The minimum Gasteiger partial charge on any atom is -0.477 e. The van der Waals surface area contributed by atoms with Gasteiger partial charge in [0.15, 0.2) is 0 Å². The molecular formula is C11H16N2O6S. The number of carbonyl (C=O) groups excluding carboxylic acids is 1. The van der Waals surface area contributed by atoms with Crippen molar-refractivity contribution < 1.29 is 27.9 Å². The number of aromatic nitrogens is 1. The number of rotatable bonds is 6. The molecule has 20 heavy (non-hydrogen) atoms. The largest absolute Gasteiger partial charge is 0.477 e. The molecule has 0 aromatic carbocycles. The normalized spacial score (nSPS) is 13.2. The Morgan fingerprint density at radius 2 is 2.00 bits per heavy atom. The van der Waals surface area contributed by atoms with Crippen molar-refractivity contribution in [1.82, 2.24) is 9.71 Å². The van der Waals surface area contributed by atoms with E-state index in [-0.39, 0.29) is 16.5 Å². The highest BCUT2D eigenvalue weighted by atomic mass is 32.2. The maximum atomic E-state index is 12.1. The number of methoxy groups -OCH3 is 1. The SMILES string of the molecule is COC(=O)[C@@H](NS(=O)(=O)c1c[nH]c(C(=O)O)c1)C(C)C. The van der Waals surface area contributed by atoms with E-state index >= 15 is 0 Å². The number of H-pyrrole nitrogens is 1. The van der Waals surface area contributed by atoms with Gasteiger partial charge in [0.1, 0.15) is 16.6 Å². The predicted molar refractivity (Wildman–Crippen MR) is 68.7 cm³/mol. The molecule has 0 aliphatic heterocycles. The molecule has 0 unspecified atom stereocenters. The van der Waals surface area contributed by atoms with E-state index in [1.165, 1.54) is 0 Å². The number of esters is 1. The van der Waals surface area contributed by atoms with Crippen molar-refractivity contribution in [2.24, 2.45) is 5.92 Å². The minimum absolute atomic E-state index is 0.260. The molecule has 1 aromatic heterocycles. The van der Waals surface area contributed by atoms with Gasteiger partial charge in [-0.15, -0.1) is 0 Å². The topological polar surface area (TPSA) is 126 Å². The Hall–Kier alpha value is -1.87. The Morgan fingerprint density at radius 3 is 2.40 bits per heavy atom. The lowest BCUT2D eigenvalue weighted by Gasteiger charge is -2.19. The van der Waals surface area contributed by atoms with Gasteiger partial charge in [0, 0.05) is 6.20 Å². The molecule has 1 heterocycles. The number of sulfonamides is 1. The quantitative estimate of drug-likeness (QED) is 0.644. The highest BCUT2D eigenvalue weighted by molar-refractivity contribution is 7.89. The van der Waals surface area contributed by atoms with E-state index in [0.717, 1.165) is 19.4 Å². The fraction of sp³-hybridized carbons (Fsp3) is 0.455. The molecule has 0 aliphatic rings. The van der Waals surface area contributed by atoms with Gasteiger partial charge >= 0.3 is 11.9 Å². The maximum Gasteiger partial charge on any atom is 0.352 e. The van der Waals surface area contributed by atoms with Gasteiger partial charge in [0.05, 0.1) is 7.11 Å². The van der Waals surface area contributed by atoms with Gasteiger partial charge in [-0.3, -0.25) is 4.79 Å².